The quantitative estimate of drug-likeness (QED) is 0.917. The van der Waals surface area contributed by atoms with Gasteiger partial charge in [0.15, 0.2) is 0 Å². The van der Waals surface area contributed by atoms with E-state index in [0.717, 1.165) is 24.2 Å². The molecule has 0 radical (unpaired) electrons. The number of rotatable bonds is 4. The van der Waals surface area contributed by atoms with Crippen molar-refractivity contribution in [2.45, 2.75) is 18.9 Å². The molecule has 0 bridgehead atoms. The number of nitrogens with zero attached hydrogens (tertiary/aromatic N) is 4. The van der Waals surface area contributed by atoms with Gasteiger partial charge >= 0.3 is 0 Å². The predicted molar refractivity (Wildman–Crippen MR) is 87.6 cm³/mol. The molecule has 7 heteroatoms. The van der Waals surface area contributed by atoms with E-state index < -0.39 is 6.10 Å². The van der Waals surface area contributed by atoms with Crippen molar-refractivity contribution in [3.8, 4) is 5.75 Å². The Morgan fingerprint density at radius 3 is 2.75 bits per heavy atom. The van der Waals surface area contributed by atoms with Crippen LogP contribution in [0.2, 0.25) is 0 Å². The smallest absolute Gasteiger partial charge is 0.291 e. The van der Waals surface area contributed by atoms with Gasteiger partial charge < -0.3 is 14.7 Å². The van der Waals surface area contributed by atoms with Crippen LogP contribution in [-0.2, 0) is 7.05 Å². The van der Waals surface area contributed by atoms with Gasteiger partial charge in [0.1, 0.15) is 12.1 Å². The van der Waals surface area contributed by atoms with Crippen LogP contribution >= 0.6 is 0 Å². The number of aryl methyl sites for hydroxylation is 1. The number of aromatic nitrogens is 3. The Labute approximate surface area is 140 Å². The van der Waals surface area contributed by atoms with Crippen LogP contribution in [0, 0.1) is 5.92 Å². The molecule has 2 aromatic rings. The molecule has 1 saturated heterocycles. The Morgan fingerprint density at radius 1 is 1.38 bits per heavy atom. The van der Waals surface area contributed by atoms with Gasteiger partial charge in [0, 0.05) is 20.1 Å². The van der Waals surface area contributed by atoms with Gasteiger partial charge in [-0.15, -0.1) is 0 Å². The van der Waals surface area contributed by atoms with E-state index in [1.807, 2.05) is 24.3 Å². The molecule has 0 saturated carbocycles. The van der Waals surface area contributed by atoms with Crippen LogP contribution < -0.4 is 4.74 Å². The molecule has 7 nitrogen and oxygen atoms in total. The second-order valence-electron chi connectivity index (χ2n) is 6.06. The van der Waals surface area contributed by atoms with E-state index in [1.165, 1.54) is 11.0 Å². The van der Waals surface area contributed by atoms with Gasteiger partial charge in [-0.25, -0.2) is 9.67 Å². The molecule has 1 unspecified atom stereocenters. The average Bonchev–Trinajstić information content (AvgIpc) is 3.06. The lowest BCUT2D eigenvalue weighted by Gasteiger charge is -2.34. The molecule has 1 aromatic heterocycles. The lowest BCUT2D eigenvalue weighted by Crippen LogP contribution is -2.40. The van der Waals surface area contributed by atoms with E-state index in [4.69, 9.17) is 4.74 Å². The highest BCUT2D eigenvalue weighted by Crippen LogP contribution is 2.32. The highest BCUT2D eigenvalue weighted by molar-refractivity contribution is 5.90. The van der Waals surface area contributed by atoms with E-state index in [9.17, 15) is 9.90 Å². The Kier molecular flexibility index (Phi) is 4.80. The number of methoxy groups -OCH3 is 1. The van der Waals surface area contributed by atoms with Gasteiger partial charge in [-0.2, -0.15) is 5.10 Å². The standard InChI is InChI=1S/C17H22N4O3/c1-20-16(18-11-19-20)17(23)21-8-6-12(7-9-21)15(22)13-4-3-5-14(10-13)24-2/h3-5,10-12,15,22H,6-9H2,1-2H3. The fourth-order valence-electron chi connectivity index (χ4n) is 3.15. The maximum absolute atomic E-state index is 12.4. The number of amides is 1. The van der Waals surface area contributed by atoms with Crippen molar-refractivity contribution < 1.29 is 14.6 Å². The normalized spacial score (nSPS) is 16.9. The summed E-state index contributed by atoms with van der Waals surface area (Å²) in [6.07, 6.45) is 2.34. The monoisotopic (exact) mass is 330 g/mol. The summed E-state index contributed by atoms with van der Waals surface area (Å²) >= 11 is 0. The van der Waals surface area contributed by atoms with Gasteiger partial charge in [0.2, 0.25) is 5.82 Å². The number of carbonyl (C=O) groups excluding carboxylic acids is 1. The molecule has 24 heavy (non-hydrogen) atoms. The number of aliphatic hydroxyl groups is 1. The molecule has 1 aromatic carbocycles. The number of aliphatic hydroxyl groups excluding tert-OH is 1. The van der Waals surface area contributed by atoms with Gasteiger partial charge in [-0.1, -0.05) is 12.1 Å². The first-order valence-electron chi connectivity index (χ1n) is 8.05. The molecule has 1 N–H and O–H groups in total. The summed E-state index contributed by atoms with van der Waals surface area (Å²) in [6.45, 7) is 1.22. The number of benzene rings is 1. The van der Waals surface area contributed by atoms with Crippen LogP contribution in [0.4, 0.5) is 0 Å². The SMILES string of the molecule is COc1cccc(C(O)C2CCN(C(=O)c3ncnn3C)CC2)c1. The lowest BCUT2D eigenvalue weighted by atomic mass is 9.87. The van der Waals surface area contributed by atoms with Crippen molar-refractivity contribution in [2.24, 2.45) is 13.0 Å². The molecule has 1 fully saturated rings. The van der Waals surface area contributed by atoms with E-state index in [2.05, 4.69) is 10.1 Å². The molecule has 1 aliphatic heterocycles. The first-order valence-corrected chi connectivity index (χ1v) is 8.05. The Bertz CT molecular complexity index is 707. The minimum absolute atomic E-state index is 0.107. The molecular formula is C17H22N4O3. The second kappa shape index (κ2) is 7.00. The Hall–Kier alpha value is -2.41. The third kappa shape index (κ3) is 3.26. The summed E-state index contributed by atoms with van der Waals surface area (Å²) in [7, 11) is 3.32. The highest BCUT2D eigenvalue weighted by atomic mass is 16.5. The molecule has 128 valence electrons. The summed E-state index contributed by atoms with van der Waals surface area (Å²) in [5.74, 6) is 1.10. The summed E-state index contributed by atoms with van der Waals surface area (Å²) < 4.78 is 6.70. The molecule has 0 aliphatic carbocycles. The molecule has 3 rings (SSSR count). The van der Waals surface area contributed by atoms with E-state index in [0.29, 0.717) is 18.9 Å². The predicted octanol–water partition coefficient (Wildman–Crippen LogP) is 1.41. The van der Waals surface area contributed by atoms with Crippen molar-refractivity contribution in [3.63, 3.8) is 0 Å². The zero-order valence-electron chi connectivity index (χ0n) is 13.9. The van der Waals surface area contributed by atoms with Crippen LogP contribution in [0.15, 0.2) is 30.6 Å². The number of hydrogen-bond acceptors (Lipinski definition) is 5. The fraction of sp³-hybridized carbons (Fsp3) is 0.471. The van der Waals surface area contributed by atoms with Crippen LogP contribution in [0.5, 0.6) is 5.75 Å². The summed E-state index contributed by atoms with van der Waals surface area (Å²) in [5, 5.41) is 14.6. The zero-order valence-corrected chi connectivity index (χ0v) is 13.9. The van der Waals surface area contributed by atoms with Gasteiger partial charge in [0.05, 0.1) is 13.2 Å². The van der Waals surface area contributed by atoms with E-state index in [-0.39, 0.29) is 11.8 Å². The number of hydrogen-bond donors (Lipinski definition) is 1. The van der Waals surface area contributed by atoms with Gasteiger partial charge in [-0.05, 0) is 36.5 Å². The van der Waals surface area contributed by atoms with Crippen molar-refractivity contribution in [2.75, 3.05) is 20.2 Å². The average molecular weight is 330 g/mol. The second-order valence-corrected chi connectivity index (χ2v) is 6.06. The third-order valence-electron chi connectivity index (χ3n) is 4.61. The molecule has 1 amide bonds. The Morgan fingerprint density at radius 2 is 2.12 bits per heavy atom. The lowest BCUT2D eigenvalue weighted by molar-refractivity contribution is 0.0451. The summed E-state index contributed by atoms with van der Waals surface area (Å²) in [6, 6.07) is 7.51. The molecule has 1 atom stereocenters. The maximum atomic E-state index is 12.4. The number of likely N-dealkylation sites (tertiary alicyclic amines) is 1. The Balaban J connectivity index is 1.62. The highest BCUT2D eigenvalue weighted by Gasteiger charge is 2.30. The van der Waals surface area contributed by atoms with E-state index in [1.54, 1.807) is 19.1 Å². The summed E-state index contributed by atoms with van der Waals surface area (Å²) in [5.41, 5.74) is 0.854. The molecule has 1 aliphatic rings. The van der Waals surface area contributed by atoms with Gasteiger partial charge in [0.25, 0.3) is 5.91 Å². The first kappa shape index (κ1) is 16.4. The van der Waals surface area contributed by atoms with Crippen molar-refractivity contribution in [3.05, 3.63) is 42.0 Å². The minimum Gasteiger partial charge on any atom is -0.497 e. The number of carbonyl (C=O) groups is 1. The van der Waals surface area contributed by atoms with Crippen molar-refractivity contribution in [1.29, 1.82) is 0 Å². The number of piperidine rings is 1. The zero-order chi connectivity index (χ0) is 17.1. The largest absolute Gasteiger partial charge is 0.497 e. The molecule has 0 spiro atoms. The van der Waals surface area contributed by atoms with Gasteiger partial charge in [-0.3, -0.25) is 4.79 Å². The van der Waals surface area contributed by atoms with Crippen LogP contribution in [0.25, 0.3) is 0 Å². The summed E-state index contributed by atoms with van der Waals surface area (Å²) in [4.78, 5) is 18.2. The number of ether oxygens (including phenoxy) is 1. The first-order chi connectivity index (χ1) is 11.6. The van der Waals surface area contributed by atoms with E-state index >= 15 is 0 Å². The van der Waals surface area contributed by atoms with Crippen molar-refractivity contribution >= 4 is 5.91 Å². The van der Waals surface area contributed by atoms with Crippen LogP contribution in [0.1, 0.15) is 35.1 Å². The minimum atomic E-state index is -0.549. The maximum Gasteiger partial charge on any atom is 0.291 e. The third-order valence-corrected chi connectivity index (χ3v) is 4.61. The van der Waals surface area contributed by atoms with Crippen molar-refractivity contribution in [1.82, 2.24) is 19.7 Å². The molecular weight excluding hydrogens is 308 g/mol. The fourth-order valence-corrected chi connectivity index (χ4v) is 3.15. The topological polar surface area (TPSA) is 80.5 Å². The van der Waals surface area contributed by atoms with Crippen LogP contribution in [-0.4, -0.2) is 50.9 Å². The van der Waals surface area contributed by atoms with Crippen LogP contribution in [0.3, 0.4) is 0 Å². The molecule has 2 heterocycles.